The summed E-state index contributed by atoms with van der Waals surface area (Å²) < 4.78 is 26.3. The van der Waals surface area contributed by atoms with Crippen molar-refractivity contribution >= 4 is 17.3 Å². The van der Waals surface area contributed by atoms with Gasteiger partial charge in [0.1, 0.15) is 17.3 Å². The van der Waals surface area contributed by atoms with Crippen molar-refractivity contribution in [2.24, 2.45) is 0 Å². The standard InChI is InChI=1S/C13H10ClF2NO2/c14-10-3-8(15)4-11(16)13(10)17-6-7-1-2-9(18)5-12(7)19/h1-5,17-19H,6H2. The number of hydrogen-bond acceptors (Lipinski definition) is 3. The molecule has 0 spiro atoms. The second-order valence-electron chi connectivity index (χ2n) is 3.91. The Balaban J connectivity index is 2.19. The van der Waals surface area contributed by atoms with Crippen LogP contribution in [0.2, 0.25) is 5.02 Å². The van der Waals surface area contributed by atoms with Gasteiger partial charge in [-0.2, -0.15) is 0 Å². The number of halogens is 3. The van der Waals surface area contributed by atoms with Crippen molar-refractivity contribution in [2.75, 3.05) is 5.32 Å². The highest BCUT2D eigenvalue weighted by molar-refractivity contribution is 6.33. The molecule has 2 aromatic carbocycles. The van der Waals surface area contributed by atoms with Gasteiger partial charge in [0, 0.05) is 24.2 Å². The Morgan fingerprint density at radius 1 is 1.11 bits per heavy atom. The largest absolute Gasteiger partial charge is 0.508 e. The number of anilines is 1. The molecule has 100 valence electrons. The number of hydrogen-bond donors (Lipinski definition) is 3. The van der Waals surface area contributed by atoms with Gasteiger partial charge in [0.05, 0.1) is 10.7 Å². The van der Waals surface area contributed by atoms with Crippen LogP contribution in [0.4, 0.5) is 14.5 Å². The zero-order valence-electron chi connectivity index (χ0n) is 9.62. The highest BCUT2D eigenvalue weighted by Crippen LogP contribution is 2.28. The monoisotopic (exact) mass is 285 g/mol. The molecule has 0 heterocycles. The lowest BCUT2D eigenvalue weighted by Crippen LogP contribution is -2.03. The van der Waals surface area contributed by atoms with E-state index in [1.807, 2.05) is 0 Å². The van der Waals surface area contributed by atoms with Crippen LogP contribution in [-0.4, -0.2) is 10.2 Å². The highest BCUT2D eigenvalue weighted by Gasteiger charge is 2.10. The predicted molar refractivity (Wildman–Crippen MR) is 68.5 cm³/mol. The molecule has 19 heavy (non-hydrogen) atoms. The van der Waals surface area contributed by atoms with Crippen LogP contribution < -0.4 is 5.32 Å². The molecular formula is C13H10ClF2NO2. The van der Waals surface area contributed by atoms with Gasteiger partial charge in [0.2, 0.25) is 0 Å². The lowest BCUT2D eigenvalue weighted by molar-refractivity contribution is 0.446. The van der Waals surface area contributed by atoms with Crippen molar-refractivity contribution in [3.63, 3.8) is 0 Å². The smallest absolute Gasteiger partial charge is 0.150 e. The van der Waals surface area contributed by atoms with Crippen LogP contribution in [0.25, 0.3) is 0 Å². The Bertz CT molecular complexity index is 597. The Morgan fingerprint density at radius 3 is 2.47 bits per heavy atom. The Kier molecular flexibility index (Phi) is 3.76. The molecule has 2 rings (SSSR count). The first kappa shape index (κ1) is 13.4. The molecule has 0 amide bonds. The summed E-state index contributed by atoms with van der Waals surface area (Å²) in [5.41, 5.74) is 0.396. The quantitative estimate of drug-likeness (QED) is 0.807. The molecule has 0 aliphatic rings. The predicted octanol–water partition coefficient (Wildman–Crippen LogP) is 3.64. The summed E-state index contributed by atoms with van der Waals surface area (Å²) in [6.07, 6.45) is 0. The van der Waals surface area contributed by atoms with Crippen molar-refractivity contribution in [3.05, 3.63) is 52.6 Å². The molecule has 3 N–H and O–H groups in total. The number of phenols is 2. The van der Waals surface area contributed by atoms with E-state index in [9.17, 15) is 13.9 Å². The number of rotatable bonds is 3. The third-order valence-electron chi connectivity index (χ3n) is 2.53. The number of benzene rings is 2. The van der Waals surface area contributed by atoms with Gasteiger partial charge in [0.15, 0.2) is 5.82 Å². The van der Waals surface area contributed by atoms with E-state index < -0.39 is 11.6 Å². The van der Waals surface area contributed by atoms with E-state index in [1.54, 1.807) is 0 Å². The minimum Gasteiger partial charge on any atom is -0.508 e. The third-order valence-corrected chi connectivity index (χ3v) is 2.83. The summed E-state index contributed by atoms with van der Waals surface area (Å²) in [6, 6.07) is 5.74. The topological polar surface area (TPSA) is 52.5 Å². The second-order valence-corrected chi connectivity index (χ2v) is 4.32. The molecule has 3 nitrogen and oxygen atoms in total. The lowest BCUT2D eigenvalue weighted by Gasteiger charge is -2.11. The molecule has 0 unspecified atom stereocenters. The van der Waals surface area contributed by atoms with E-state index in [0.29, 0.717) is 11.6 Å². The summed E-state index contributed by atoms with van der Waals surface area (Å²) >= 11 is 5.72. The van der Waals surface area contributed by atoms with Crippen LogP contribution in [0.1, 0.15) is 5.56 Å². The first-order chi connectivity index (χ1) is 8.97. The highest BCUT2D eigenvalue weighted by atomic mass is 35.5. The summed E-state index contributed by atoms with van der Waals surface area (Å²) in [4.78, 5) is 0. The van der Waals surface area contributed by atoms with Gasteiger partial charge in [-0.3, -0.25) is 0 Å². The minimum atomic E-state index is -0.816. The lowest BCUT2D eigenvalue weighted by atomic mass is 10.2. The average Bonchev–Trinajstić information content (AvgIpc) is 2.30. The van der Waals surface area contributed by atoms with Crippen LogP contribution in [0.5, 0.6) is 11.5 Å². The Morgan fingerprint density at radius 2 is 1.84 bits per heavy atom. The van der Waals surface area contributed by atoms with E-state index in [0.717, 1.165) is 6.07 Å². The first-order valence-corrected chi connectivity index (χ1v) is 5.74. The molecule has 0 aromatic heterocycles. The minimum absolute atomic E-state index is 0.0458. The van der Waals surface area contributed by atoms with Crippen molar-refractivity contribution in [1.29, 1.82) is 0 Å². The maximum absolute atomic E-state index is 13.5. The van der Waals surface area contributed by atoms with E-state index >= 15 is 0 Å². The van der Waals surface area contributed by atoms with Crippen LogP contribution >= 0.6 is 11.6 Å². The van der Waals surface area contributed by atoms with Gasteiger partial charge in [-0.05, 0) is 18.2 Å². The summed E-state index contributed by atoms with van der Waals surface area (Å²) in [7, 11) is 0. The average molecular weight is 286 g/mol. The summed E-state index contributed by atoms with van der Waals surface area (Å²) in [5, 5.41) is 21.3. The van der Waals surface area contributed by atoms with Gasteiger partial charge in [-0.15, -0.1) is 0 Å². The van der Waals surface area contributed by atoms with Crippen LogP contribution in [0, 0.1) is 11.6 Å². The molecule has 0 aliphatic carbocycles. The third kappa shape index (κ3) is 3.06. The first-order valence-electron chi connectivity index (χ1n) is 5.36. The molecule has 2 aromatic rings. The maximum Gasteiger partial charge on any atom is 0.150 e. The van der Waals surface area contributed by atoms with Gasteiger partial charge >= 0.3 is 0 Å². The number of nitrogens with one attached hydrogen (secondary N) is 1. The molecule has 0 bridgehead atoms. The zero-order valence-corrected chi connectivity index (χ0v) is 10.4. The van der Waals surface area contributed by atoms with Crippen molar-refractivity contribution < 1.29 is 19.0 Å². The Labute approximate surface area is 113 Å². The molecular weight excluding hydrogens is 276 g/mol. The van der Waals surface area contributed by atoms with Gasteiger partial charge < -0.3 is 15.5 Å². The normalized spacial score (nSPS) is 10.5. The molecule has 0 fully saturated rings. The number of aromatic hydroxyl groups is 2. The molecule has 0 atom stereocenters. The number of phenolic OH excluding ortho intramolecular Hbond substituents is 2. The van der Waals surface area contributed by atoms with E-state index in [1.165, 1.54) is 18.2 Å². The molecule has 0 radical (unpaired) electrons. The van der Waals surface area contributed by atoms with E-state index in [4.69, 9.17) is 16.7 Å². The van der Waals surface area contributed by atoms with Crippen LogP contribution in [-0.2, 0) is 6.54 Å². The summed E-state index contributed by atoms with van der Waals surface area (Å²) in [5.74, 6) is -1.79. The fourth-order valence-corrected chi connectivity index (χ4v) is 1.86. The van der Waals surface area contributed by atoms with Crippen molar-refractivity contribution in [1.82, 2.24) is 0 Å². The SMILES string of the molecule is Oc1ccc(CNc2c(F)cc(F)cc2Cl)c(O)c1. The summed E-state index contributed by atoms with van der Waals surface area (Å²) in [6.45, 7) is 0.0778. The maximum atomic E-state index is 13.5. The van der Waals surface area contributed by atoms with Crippen molar-refractivity contribution in [2.45, 2.75) is 6.54 Å². The fourth-order valence-electron chi connectivity index (χ4n) is 1.60. The van der Waals surface area contributed by atoms with Gasteiger partial charge in [0.25, 0.3) is 0 Å². The molecule has 6 heteroatoms. The van der Waals surface area contributed by atoms with Gasteiger partial charge in [-0.25, -0.2) is 8.78 Å². The fraction of sp³-hybridized carbons (Fsp3) is 0.0769. The van der Waals surface area contributed by atoms with E-state index in [-0.39, 0.29) is 28.8 Å². The second kappa shape index (κ2) is 5.32. The molecule has 0 saturated heterocycles. The zero-order chi connectivity index (χ0) is 14.0. The molecule has 0 saturated carbocycles. The van der Waals surface area contributed by atoms with E-state index in [2.05, 4.69) is 5.32 Å². The molecule has 0 aliphatic heterocycles. The van der Waals surface area contributed by atoms with Crippen LogP contribution in [0.3, 0.4) is 0 Å². The Hall–Kier alpha value is -2.01. The van der Waals surface area contributed by atoms with Crippen molar-refractivity contribution in [3.8, 4) is 11.5 Å². The van der Waals surface area contributed by atoms with Crippen LogP contribution in [0.15, 0.2) is 30.3 Å². The van der Waals surface area contributed by atoms with Gasteiger partial charge in [-0.1, -0.05) is 11.6 Å².